The molecule has 2 N–H and O–H groups in total. The molecule has 2 aromatic carbocycles. The minimum Gasteiger partial charge on any atom is -0.497 e. The van der Waals surface area contributed by atoms with Crippen molar-refractivity contribution in [1.29, 1.82) is 0 Å². The number of aromatic nitrogens is 3. The van der Waals surface area contributed by atoms with Gasteiger partial charge in [-0.15, -0.1) is 0 Å². The summed E-state index contributed by atoms with van der Waals surface area (Å²) in [5.41, 5.74) is 2.54. The van der Waals surface area contributed by atoms with Crippen LogP contribution in [-0.4, -0.2) is 39.7 Å². The molecule has 0 aliphatic carbocycles. The summed E-state index contributed by atoms with van der Waals surface area (Å²) in [7, 11) is 1.57. The SMILES string of the molecule is COc1ccc(C(=O)NC(C(=O)NCc2ccc(Cn3cncn3)cc2)C(C)C)cc1. The smallest absolute Gasteiger partial charge is 0.251 e. The van der Waals surface area contributed by atoms with Gasteiger partial charge in [-0.25, -0.2) is 9.67 Å². The van der Waals surface area contributed by atoms with Gasteiger partial charge in [0.2, 0.25) is 5.91 Å². The highest BCUT2D eigenvalue weighted by Crippen LogP contribution is 2.12. The van der Waals surface area contributed by atoms with E-state index in [0.29, 0.717) is 24.4 Å². The normalized spacial score (nSPS) is 11.7. The topological polar surface area (TPSA) is 98.1 Å². The second-order valence-electron chi connectivity index (χ2n) is 7.55. The molecule has 0 bridgehead atoms. The van der Waals surface area contributed by atoms with E-state index in [-0.39, 0.29) is 17.7 Å². The molecule has 1 aromatic heterocycles. The fourth-order valence-electron chi connectivity index (χ4n) is 3.07. The van der Waals surface area contributed by atoms with Crippen LogP contribution in [-0.2, 0) is 17.9 Å². The predicted molar refractivity (Wildman–Crippen MR) is 116 cm³/mol. The largest absolute Gasteiger partial charge is 0.497 e. The Hall–Kier alpha value is -3.68. The highest BCUT2D eigenvalue weighted by Gasteiger charge is 2.24. The molecule has 31 heavy (non-hydrogen) atoms. The van der Waals surface area contributed by atoms with Crippen LogP contribution in [0.15, 0.2) is 61.2 Å². The third kappa shape index (κ3) is 6.15. The van der Waals surface area contributed by atoms with E-state index in [4.69, 9.17) is 4.74 Å². The molecule has 3 aromatic rings. The maximum absolute atomic E-state index is 12.7. The van der Waals surface area contributed by atoms with Crippen LogP contribution in [0.2, 0.25) is 0 Å². The van der Waals surface area contributed by atoms with E-state index in [9.17, 15) is 9.59 Å². The van der Waals surface area contributed by atoms with Crippen molar-refractivity contribution >= 4 is 11.8 Å². The van der Waals surface area contributed by atoms with Gasteiger partial charge in [-0.05, 0) is 41.3 Å². The van der Waals surface area contributed by atoms with Crippen molar-refractivity contribution in [2.24, 2.45) is 5.92 Å². The van der Waals surface area contributed by atoms with Crippen LogP contribution in [0.1, 0.15) is 35.3 Å². The Balaban J connectivity index is 1.55. The molecular weight excluding hydrogens is 394 g/mol. The number of nitrogens with zero attached hydrogens (tertiary/aromatic N) is 3. The molecule has 0 fully saturated rings. The summed E-state index contributed by atoms with van der Waals surface area (Å²) in [6.45, 7) is 4.82. The third-order valence-corrected chi connectivity index (χ3v) is 4.89. The van der Waals surface area contributed by atoms with Crippen LogP contribution in [0.3, 0.4) is 0 Å². The predicted octanol–water partition coefficient (Wildman–Crippen LogP) is 2.41. The van der Waals surface area contributed by atoms with Gasteiger partial charge in [0.1, 0.15) is 24.4 Å². The zero-order valence-electron chi connectivity index (χ0n) is 17.9. The van der Waals surface area contributed by atoms with Gasteiger partial charge in [-0.2, -0.15) is 5.10 Å². The van der Waals surface area contributed by atoms with E-state index in [1.165, 1.54) is 6.33 Å². The number of nitrogens with one attached hydrogen (secondary N) is 2. The van der Waals surface area contributed by atoms with Crippen molar-refractivity contribution in [2.45, 2.75) is 33.0 Å². The Labute approximate surface area is 181 Å². The molecule has 0 aliphatic rings. The summed E-state index contributed by atoms with van der Waals surface area (Å²) in [6.07, 6.45) is 3.17. The number of hydrogen-bond donors (Lipinski definition) is 2. The average molecular weight is 422 g/mol. The van der Waals surface area contributed by atoms with Crippen molar-refractivity contribution in [3.05, 3.63) is 77.9 Å². The molecule has 0 saturated carbocycles. The number of hydrogen-bond acceptors (Lipinski definition) is 5. The van der Waals surface area contributed by atoms with Crippen molar-refractivity contribution in [1.82, 2.24) is 25.4 Å². The lowest BCUT2D eigenvalue weighted by molar-refractivity contribution is -0.124. The van der Waals surface area contributed by atoms with E-state index in [2.05, 4.69) is 20.7 Å². The van der Waals surface area contributed by atoms with Crippen LogP contribution < -0.4 is 15.4 Å². The monoisotopic (exact) mass is 421 g/mol. The van der Waals surface area contributed by atoms with Crippen LogP contribution in [0.4, 0.5) is 0 Å². The molecule has 0 spiro atoms. The standard InChI is InChI=1S/C23H27N5O3/c1-16(2)21(27-22(29)19-8-10-20(31-3)11-9-19)23(30)25-12-17-4-6-18(7-5-17)13-28-15-24-14-26-28/h4-11,14-16,21H,12-13H2,1-3H3,(H,25,30)(H,27,29). The van der Waals surface area contributed by atoms with Crippen LogP contribution in [0.25, 0.3) is 0 Å². The highest BCUT2D eigenvalue weighted by molar-refractivity contribution is 5.97. The molecule has 162 valence electrons. The van der Waals surface area contributed by atoms with Gasteiger partial charge in [0.05, 0.1) is 13.7 Å². The summed E-state index contributed by atoms with van der Waals surface area (Å²) in [4.78, 5) is 29.2. The quantitative estimate of drug-likeness (QED) is 0.553. The Kier molecular flexibility index (Phi) is 7.37. The first-order valence-electron chi connectivity index (χ1n) is 10.1. The number of ether oxygens (including phenoxy) is 1. The van der Waals surface area contributed by atoms with Gasteiger partial charge in [0.15, 0.2) is 0 Å². The second-order valence-corrected chi connectivity index (χ2v) is 7.55. The number of methoxy groups -OCH3 is 1. The summed E-state index contributed by atoms with van der Waals surface area (Å²) in [5, 5.41) is 9.84. The van der Waals surface area contributed by atoms with Gasteiger partial charge in [-0.1, -0.05) is 38.1 Å². The lowest BCUT2D eigenvalue weighted by atomic mass is 10.0. The van der Waals surface area contributed by atoms with Crippen LogP contribution >= 0.6 is 0 Å². The number of carbonyl (C=O) groups excluding carboxylic acids is 2. The Morgan fingerprint density at radius 2 is 1.71 bits per heavy atom. The van der Waals surface area contributed by atoms with Gasteiger partial charge in [-0.3, -0.25) is 9.59 Å². The molecule has 1 heterocycles. The molecule has 0 aliphatic heterocycles. The summed E-state index contributed by atoms with van der Waals surface area (Å²) < 4.78 is 6.86. The fraction of sp³-hybridized carbons (Fsp3) is 0.304. The molecule has 1 atom stereocenters. The van der Waals surface area contributed by atoms with Crippen LogP contribution in [0, 0.1) is 5.92 Å². The molecule has 2 amide bonds. The molecule has 1 unspecified atom stereocenters. The molecular formula is C23H27N5O3. The highest BCUT2D eigenvalue weighted by atomic mass is 16.5. The number of benzene rings is 2. The summed E-state index contributed by atoms with van der Waals surface area (Å²) in [5.74, 6) is 0.0896. The molecule has 0 saturated heterocycles. The number of rotatable bonds is 9. The first-order valence-corrected chi connectivity index (χ1v) is 10.1. The minimum absolute atomic E-state index is 0.0627. The Morgan fingerprint density at radius 3 is 2.29 bits per heavy atom. The van der Waals surface area contributed by atoms with E-state index < -0.39 is 6.04 Å². The van der Waals surface area contributed by atoms with E-state index in [1.54, 1.807) is 42.4 Å². The molecule has 8 heteroatoms. The third-order valence-electron chi connectivity index (χ3n) is 4.89. The van der Waals surface area contributed by atoms with Gasteiger partial charge < -0.3 is 15.4 Å². The van der Waals surface area contributed by atoms with Crippen molar-refractivity contribution in [3.8, 4) is 5.75 Å². The van der Waals surface area contributed by atoms with Gasteiger partial charge >= 0.3 is 0 Å². The van der Waals surface area contributed by atoms with Crippen LogP contribution in [0.5, 0.6) is 5.75 Å². The zero-order chi connectivity index (χ0) is 22.2. The number of amides is 2. The average Bonchev–Trinajstić information content (AvgIpc) is 3.29. The van der Waals surface area contributed by atoms with Gasteiger partial charge in [0.25, 0.3) is 5.91 Å². The second kappa shape index (κ2) is 10.4. The first kappa shape index (κ1) is 22.0. The Morgan fingerprint density at radius 1 is 1.03 bits per heavy atom. The Bertz CT molecular complexity index is 983. The lowest BCUT2D eigenvalue weighted by Gasteiger charge is -2.22. The van der Waals surface area contributed by atoms with Crippen molar-refractivity contribution < 1.29 is 14.3 Å². The maximum Gasteiger partial charge on any atom is 0.251 e. The number of carbonyl (C=O) groups is 2. The van der Waals surface area contributed by atoms with E-state index >= 15 is 0 Å². The molecule has 3 rings (SSSR count). The van der Waals surface area contributed by atoms with E-state index in [0.717, 1.165) is 11.1 Å². The minimum atomic E-state index is -0.638. The van der Waals surface area contributed by atoms with E-state index in [1.807, 2.05) is 38.1 Å². The zero-order valence-corrected chi connectivity index (χ0v) is 17.9. The lowest BCUT2D eigenvalue weighted by Crippen LogP contribution is -2.49. The fourth-order valence-corrected chi connectivity index (χ4v) is 3.07. The summed E-state index contributed by atoms with van der Waals surface area (Å²) >= 11 is 0. The van der Waals surface area contributed by atoms with Crippen molar-refractivity contribution in [2.75, 3.05) is 7.11 Å². The molecule has 0 radical (unpaired) electrons. The van der Waals surface area contributed by atoms with Crippen molar-refractivity contribution in [3.63, 3.8) is 0 Å². The first-order chi connectivity index (χ1) is 15.0. The molecule has 8 nitrogen and oxygen atoms in total. The maximum atomic E-state index is 12.7. The van der Waals surface area contributed by atoms with Gasteiger partial charge in [0, 0.05) is 12.1 Å². The summed E-state index contributed by atoms with van der Waals surface area (Å²) in [6, 6.07) is 14.1.